The molecule has 0 radical (unpaired) electrons. The molecule has 0 aliphatic heterocycles. The SMILES string of the molecule is COc1ccc(OC)c2c1C(=O)c1c(OC)cc(C(=O)O)c(OC)c1C2=O. The van der Waals surface area contributed by atoms with Gasteiger partial charge in [-0.15, -0.1) is 0 Å². The average molecular weight is 372 g/mol. The van der Waals surface area contributed by atoms with Crippen molar-refractivity contribution in [2.75, 3.05) is 28.4 Å². The van der Waals surface area contributed by atoms with E-state index in [4.69, 9.17) is 18.9 Å². The van der Waals surface area contributed by atoms with E-state index < -0.39 is 17.5 Å². The Labute approximate surface area is 154 Å². The van der Waals surface area contributed by atoms with Crippen LogP contribution < -0.4 is 18.9 Å². The molecule has 0 amide bonds. The lowest BCUT2D eigenvalue weighted by Crippen LogP contribution is -2.25. The van der Waals surface area contributed by atoms with E-state index >= 15 is 0 Å². The van der Waals surface area contributed by atoms with Gasteiger partial charge in [-0.3, -0.25) is 9.59 Å². The monoisotopic (exact) mass is 372 g/mol. The molecule has 1 aliphatic rings. The van der Waals surface area contributed by atoms with E-state index in [1.54, 1.807) is 0 Å². The predicted molar refractivity (Wildman–Crippen MR) is 92.9 cm³/mol. The molecule has 1 aliphatic carbocycles. The van der Waals surface area contributed by atoms with Crippen LogP contribution in [0.25, 0.3) is 0 Å². The van der Waals surface area contributed by atoms with Gasteiger partial charge < -0.3 is 24.1 Å². The van der Waals surface area contributed by atoms with Crippen molar-refractivity contribution in [1.82, 2.24) is 0 Å². The van der Waals surface area contributed by atoms with E-state index in [9.17, 15) is 19.5 Å². The molecule has 0 fully saturated rings. The normalized spacial score (nSPS) is 12.1. The van der Waals surface area contributed by atoms with Crippen molar-refractivity contribution in [3.63, 3.8) is 0 Å². The second kappa shape index (κ2) is 6.64. The highest BCUT2D eigenvalue weighted by Crippen LogP contribution is 2.45. The summed E-state index contributed by atoms with van der Waals surface area (Å²) >= 11 is 0. The standard InChI is InChI=1S/C19H16O8/c1-24-9-5-6-10(25-2)13-12(9)16(20)14-11(26-3)7-8(19(22)23)18(27-4)15(14)17(13)21/h5-7H,1-4H3,(H,22,23). The minimum absolute atomic E-state index is 0.0164. The predicted octanol–water partition coefficient (Wildman–Crippen LogP) is 2.19. The third kappa shape index (κ3) is 2.49. The van der Waals surface area contributed by atoms with Crippen molar-refractivity contribution in [2.24, 2.45) is 0 Å². The number of aromatic carboxylic acids is 1. The van der Waals surface area contributed by atoms with Crippen LogP contribution in [-0.4, -0.2) is 51.1 Å². The summed E-state index contributed by atoms with van der Waals surface area (Å²) in [5.41, 5.74) is -0.545. The van der Waals surface area contributed by atoms with E-state index in [2.05, 4.69) is 0 Å². The second-order valence-electron chi connectivity index (χ2n) is 5.59. The first-order chi connectivity index (χ1) is 12.9. The minimum Gasteiger partial charge on any atom is -0.496 e. The van der Waals surface area contributed by atoms with E-state index in [1.165, 1.54) is 40.6 Å². The van der Waals surface area contributed by atoms with Gasteiger partial charge in [0.2, 0.25) is 11.6 Å². The van der Waals surface area contributed by atoms with Crippen molar-refractivity contribution in [3.8, 4) is 23.0 Å². The number of methoxy groups -OCH3 is 4. The van der Waals surface area contributed by atoms with Crippen LogP contribution in [0.4, 0.5) is 0 Å². The molecular weight excluding hydrogens is 356 g/mol. The van der Waals surface area contributed by atoms with Gasteiger partial charge in [-0.2, -0.15) is 0 Å². The Balaban J connectivity index is 2.48. The number of benzene rings is 2. The molecule has 0 saturated carbocycles. The summed E-state index contributed by atoms with van der Waals surface area (Å²) in [6, 6.07) is 4.17. The maximum absolute atomic E-state index is 13.3. The third-order valence-corrected chi connectivity index (χ3v) is 4.37. The zero-order valence-corrected chi connectivity index (χ0v) is 15.0. The summed E-state index contributed by atoms with van der Waals surface area (Å²) in [7, 11) is 5.25. The first-order valence-electron chi connectivity index (χ1n) is 7.77. The number of ether oxygens (including phenoxy) is 4. The highest BCUT2D eigenvalue weighted by molar-refractivity contribution is 6.32. The van der Waals surface area contributed by atoms with Gasteiger partial charge in [0.05, 0.1) is 50.7 Å². The van der Waals surface area contributed by atoms with Crippen LogP contribution >= 0.6 is 0 Å². The zero-order valence-electron chi connectivity index (χ0n) is 15.0. The Morgan fingerprint density at radius 3 is 1.59 bits per heavy atom. The van der Waals surface area contributed by atoms with Crippen LogP contribution in [-0.2, 0) is 0 Å². The van der Waals surface area contributed by atoms with Crippen LogP contribution in [0.2, 0.25) is 0 Å². The van der Waals surface area contributed by atoms with E-state index in [0.717, 1.165) is 6.07 Å². The average Bonchev–Trinajstić information content (AvgIpc) is 2.68. The van der Waals surface area contributed by atoms with E-state index in [0.29, 0.717) is 0 Å². The Morgan fingerprint density at radius 2 is 1.19 bits per heavy atom. The molecule has 2 aromatic carbocycles. The molecule has 3 rings (SSSR count). The molecule has 27 heavy (non-hydrogen) atoms. The molecular formula is C19H16O8. The molecule has 0 unspecified atom stereocenters. The van der Waals surface area contributed by atoms with Gasteiger partial charge in [0.25, 0.3) is 0 Å². The lowest BCUT2D eigenvalue weighted by Gasteiger charge is -2.25. The maximum atomic E-state index is 13.3. The van der Waals surface area contributed by atoms with Gasteiger partial charge in [0.1, 0.15) is 28.6 Å². The van der Waals surface area contributed by atoms with Crippen molar-refractivity contribution >= 4 is 17.5 Å². The number of carboxylic acid groups (broad SMARTS) is 1. The van der Waals surface area contributed by atoms with Gasteiger partial charge in [-0.1, -0.05) is 0 Å². The number of rotatable bonds is 5. The summed E-state index contributed by atoms with van der Waals surface area (Å²) in [4.78, 5) is 38.2. The quantitative estimate of drug-likeness (QED) is 0.726. The van der Waals surface area contributed by atoms with Crippen molar-refractivity contribution in [2.45, 2.75) is 0 Å². The number of carboxylic acids is 1. The summed E-state index contributed by atoms with van der Waals surface area (Å²) in [5.74, 6) is -2.40. The molecule has 0 atom stereocenters. The number of ketones is 2. The summed E-state index contributed by atoms with van der Waals surface area (Å²) in [5, 5.41) is 9.47. The van der Waals surface area contributed by atoms with Crippen molar-refractivity contribution < 1.29 is 38.4 Å². The summed E-state index contributed by atoms with van der Waals surface area (Å²) < 4.78 is 20.9. The van der Waals surface area contributed by atoms with Gasteiger partial charge in [0.15, 0.2) is 0 Å². The molecule has 0 heterocycles. The fourth-order valence-corrected chi connectivity index (χ4v) is 3.22. The molecule has 0 aromatic heterocycles. The zero-order chi connectivity index (χ0) is 19.9. The first kappa shape index (κ1) is 18.2. The second-order valence-corrected chi connectivity index (χ2v) is 5.59. The largest absolute Gasteiger partial charge is 0.496 e. The lowest BCUT2D eigenvalue weighted by molar-refractivity contribution is 0.0692. The molecule has 2 aromatic rings. The van der Waals surface area contributed by atoms with Crippen LogP contribution in [0, 0.1) is 0 Å². The van der Waals surface area contributed by atoms with Crippen LogP contribution in [0.15, 0.2) is 18.2 Å². The van der Waals surface area contributed by atoms with Crippen LogP contribution in [0.5, 0.6) is 23.0 Å². The number of fused-ring (bicyclic) bond motifs is 2. The highest BCUT2D eigenvalue weighted by atomic mass is 16.5. The van der Waals surface area contributed by atoms with Crippen LogP contribution in [0.3, 0.4) is 0 Å². The molecule has 0 spiro atoms. The molecule has 8 heteroatoms. The number of carbonyl (C=O) groups is 3. The van der Waals surface area contributed by atoms with Gasteiger partial charge in [0, 0.05) is 0 Å². The van der Waals surface area contributed by atoms with Gasteiger partial charge >= 0.3 is 5.97 Å². The van der Waals surface area contributed by atoms with E-state index in [-0.39, 0.29) is 50.8 Å². The van der Waals surface area contributed by atoms with E-state index in [1.807, 2.05) is 0 Å². The fraction of sp³-hybridized carbons (Fsp3) is 0.211. The smallest absolute Gasteiger partial charge is 0.339 e. The first-order valence-corrected chi connectivity index (χ1v) is 7.77. The number of hydrogen-bond donors (Lipinski definition) is 1. The fourth-order valence-electron chi connectivity index (χ4n) is 3.22. The van der Waals surface area contributed by atoms with Crippen molar-refractivity contribution in [1.29, 1.82) is 0 Å². The molecule has 140 valence electrons. The minimum atomic E-state index is -1.32. The summed E-state index contributed by atoms with van der Waals surface area (Å²) in [6.45, 7) is 0. The van der Waals surface area contributed by atoms with Crippen molar-refractivity contribution in [3.05, 3.63) is 46.0 Å². The van der Waals surface area contributed by atoms with Gasteiger partial charge in [-0.05, 0) is 18.2 Å². The third-order valence-electron chi connectivity index (χ3n) is 4.37. The lowest BCUT2D eigenvalue weighted by atomic mass is 9.81. The molecule has 0 bridgehead atoms. The highest BCUT2D eigenvalue weighted by Gasteiger charge is 2.41. The van der Waals surface area contributed by atoms with Gasteiger partial charge in [-0.25, -0.2) is 4.79 Å². The maximum Gasteiger partial charge on any atom is 0.339 e. The Kier molecular flexibility index (Phi) is 4.49. The topological polar surface area (TPSA) is 108 Å². The molecule has 8 nitrogen and oxygen atoms in total. The Hall–Kier alpha value is -3.55. The Morgan fingerprint density at radius 1 is 0.741 bits per heavy atom. The molecule has 0 saturated heterocycles. The molecule has 1 N–H and O–H groups in total. The number of carbonyl (C=O) groups excluding carboxylic acids is 2. The number of hydrogen-bond acceptors (Lipinski definition) is 7. The summed E-state index contributed by atoms with van der Waals surface area (Å²) in [6.07, 6.45) is 0. The Bertz CT molecular complexity index is 990. The van der Waals surface area contributed by atoms with Crippen LogP contribution in [0.1, 0.15) is 42.2 Å².